The molecule has 1 unspecified atom stereocenters. The van der Waals surface area contributed by atoms with Crippen molar-refractivity contribution in [2.45, 2.75) is 25.8 Å². The number of halogens is 1. The first kappa shape index (κ1) is 12.3. The van der Waals surface area contributed by atoms with E-state index in [4.69, 9.17) is 16.3 Å². The fourth-order valence-corrected chi connectivity index (χ4v) is 2.05. The van der Waals surface area contributed by atoms with Gasteiger partial charge in [0.2, 0.25) is 0 Å². The third kappa shape index (κ3) is 2.56. The van der Waals surface area contributed by atoms with Gasteiger partial charge < -0.3 is 10.1 Å². The molecule has 2 rings (SSSR count). The molecule has 5 nitrogen and oxygen atoms in total. The molecule has 1 saturated heterocycles. The number of nitrogens with one attached hydrogen (secondary N) is 1. The van der Waals surface area contributed by atoms with Crippen LogP contribution in [-0.4, -0.2) is 35.0 Å². The topological polar surface area (TPSA) is 64.1 Å². The molecule has 0 spiro atoms. The molecule has 1 atom stereocenters. The summed E-state index contributed by atoms with van der Waals surface area (Å²) in [4.78, 5) is 19.2. The minimum absolute atomic E-state index is 0.178. The molecular formula is C11H14ClN3O2. The van der Waals surface area contributed by atoms with Crippen molar-refractivity contribution in [2.24, 2.45) is 0 Å². The zero-order chi connectivity index (χ0) is 12.5. The van der Waals surface area contributed by atoms with Gasteiger partial charge in [-0.1, -0.05) is 11.6 Å². The number of anilines is 1. The first-order chi connectivity index (χ1) is 8.04. The summed E-state index contributed by atoms with van der Waals surface area (Å²) in [6, 6.07) is 0. The normalized spacial score (nSPS) is 23.7. The van der Waals surface area contributed by atoms with E-state index in [1.54, 1.807) is 6.92 Å². The lowest BCUT2D eigenvalue weighted by atomic mass is 10.0. The number of rotatable bonds is 3. The zero-order valence-corrected chi connectivity index (χ0v) is 10.5. The second-order valence-electron chi connectivity index (χ2n) is 4.43. The third-order valence-electron chi connectivity index (χ3n) is 2.77. The van der Waals surface area contributed by atoms with Crippen LogP contribution in [0.2, 0.25) is 5.15 Å². The summed E-state index contributed by atoms with van der Waals surface area (Å²) in [6.07, 6.45) is 1.54. The van der Waals surface area contributed by atoms with Crippen molar-refractivity contribution < 1.29 is 9.53 Å². The van der Waals surface area contributed by atoms with Crippen molar-refractivity contribution in [1.29, 1.82) is 0 Å². The Labute approximate surface area is 105 Å². The van der Waals surface area contributed by atoms with Crippen molar-refractivity contribution in [3.8, 4) is 0 Å². The van der Waals surface area contributed by atoms with E-state index < -0.39 is 0 Å². The van der Waals surface area contributed by atoms with Gasteiger partial charge in [0.15, 0.2) is 6.29 Å². The predicted molar refractivity (Wildman–Crippen MR) is 64.6 cm³/mol. The molecule has 0 radical (unpaired) electrons. The second kappa shape index (κ2) is 4.58. The van der Waals surface area contributed by atoms with E-state index in [0.717, 1.165) is 6.42 Å². The Morgan fingerprint density at radius 2 is 2.29 bits per heavy atom. The highest BCUT2D eigenvalue weighted by Gasteiger charge is 2.31. The second-order valence-corrected chi connectivity index (χ2v) is 4.79. The first-order valence-electron chi connectivity index (χ1n) is 5.39. The summed E-state index contributed by atoms with van der Waals surface area (Å²) >= 11 is 5.91. The van der Waals surface area contributed by atoms with Crippen LogP contribution in [0.25, 0.3) is 0 Å². The Hall–Kier alpha value is -1.20. The summed E-state index contributed by atoms with van der Waals surface area (Å²) in [7, 11) is 0. The molecule has 1 aromatic rings. The maximum Gasteiger partial charge on any atom is 0.156 e. The Balaban J connectivity index is 2.34. The van der Waals surface area contributed by atoms with Gasteiger partial charge in [-0.2, -0.15) is 0 Å². The standard InChI is InChI=1S/C11H14ClN3O2/c1-7-13-9(12)8(5-16)10(14-7)15-11(2)3-4-17-6-11/h5H,3-4,6H2,1-2H3,(H,13,14,15). The van der Waals surface area contributed by atoms with Crippen LogP contribution < -0.4 is 5.32 Å². The molecule has 1 fully saturated rings. The molecule has 0 aliphatic carbocycles. The van der Waals surface area contributed by atoms with Crippen molar-refractivity contribution in [1.82, 2.24) is 9.97 Å². The van der Waals surface area contributed by atoms with Crippen molar-refractivity contribution in [2.75, 3.05) is 18.5 Å². The molecule has 17 heavy (non-hydrogen) atoms. The number of aromatic nitrogens is 2. The van der Waals surface area contributed by atoms with Gasteiger partial charge in [0, 0.05) is 6.61 Å². The zero-order valence-electron chi connectivity index (χ0n) is 9.79. The molecule has 0 bridgehead atoms. The van der Waals surface area contributed by atoms with E-state index in [0.29, 0.717) is 36.7 Å². The molecule has 6 heteroatoms. The lowest BCUT2D eigenvalue weighted by molar-refractivity contribution is 0.112. The third-order valence-corrected chi connectivity index (χ3v) is 3.06. The van der Waals surface area contributed by atoms with Crippen LogP contribution in [0.3, 0.4) is 0 Å². The van der Waals surface area contributed by atoms with Crippen LogP contribution in [0.4, 0.5) is 5.82 Å². The number of nitrogens with zero attached hydrogens (tertiary/aromatic N) is 2. The predicted octanol–water partition coefficient (Wildman–Crippen LogP) is 1.84. The molecule has 1 aliphatic rings. The van der Waals surface area contributed by atoms with E-state index in [-0.39, 0.29) is 10.7 Å². The summed E-state index contributed by atoms with van der Waals surface area (Å²) in [5, 5.41) is 3.40. The van der Waals surface area contributed by atoms with Crippen molar-refractivity contribution >= 4 is 23.7 Å². The van der Waals surface area contributed by atoms with Gasteiger partial charge in [0.05, 0.1) is 17.7 Å². The molecule has 1 aliphatic heterocycles. The van der Waals surface area contributed by atoms with Crippen LogP contribution in [0.15, 0.2) is 0 Å². The van der Waals surface area contributed by atoms with Crippen molar-refractivity contribution in [3.05, 3.63) is 16.5 Å². The number of ether oxygens (including phenoxy) is 1. The molecule has 0 aromatic carbocycles. The minimum atomic E-state index is -0.206. The number of aryl methyl sites for hydroxylation is 1. The van der Waals surface area contributed by atoms with Gasteiger partial charge in [0.1, 0.15) is 16.8 Å². The van der Waals surface area contributed by atoms with Gasteiger partial charge in [-0.25, -0.2) is 9.97 Å². The maximum absolute atomic E-state index is 11.0. The first-order valence-corrected chi connectivity index (χ1v) is 5.77. The SMILES string of the molecule is Cc1nc(Cl)c(C=O)c(NC2(C)CCOC2)n1. The fourth-order valence-electron chi connectivity index (χ4n) is 1.80. The van der Waals surface area contributed by atoms with Crippen LogP contribution in [0.1, 0.15) is 29.5 Å². The Kier molecular flexibility index (Phi) is 3.31. The minimum Gasteiger partial charge on any atom is -0.379 e. The number of carbonyl (C=O) groups is 1. The monoisotopic (exact) mass is 255 g/mol. The smallest absolute Gasteiger partial charge is 0.156 e. The van der Waals surface area contributed by atoms with Gasteiger partial charge >= 0.3 is 0 Å². The molecule has 1 aromatic heterocycles. The maximum atomic E-state index is 11.0. The van der Waals surface area contributed by atoms with Gasteiger partial charge in [-0.05, 0) is 20.3 Å². The van der Waals surface area contributed by atoms with E-state index in [1.807, 2.05) is 6.92 Å². The number of hydrogen-bond acceptors (Lipinski definition) is 5. The molecule has 0 saturated carbocycles. The average molecular weight is 256 g/mol. The van der Waals surface area contributed by atoms with Crippen LogP contribution in [-0.2, 0) is 4.74 Å². The molecule has 0 amide bonds. The lowest BCUT2D eigenvalue weighted by Gasteiger charge is -2.25. The Morgan fingerprint density at radius 3 is 2.88 bits per heavy atom. The quantitative estimate of drug-likeness (QED) is 0.660. The van der Waals surface area contributed by atoms with Gasteiger partial charge in [0.25, 0.3) is 0 Å². The van der Waals surface area contributed by atoms with E-state index in [1.165, 1.54) is 0 Å². The molecule has 1 N–H and O–H groups in total. The number of hydrogen-bond donors (Lipinski definition) is 1. The highest BCUT2D eigenvalue weighted by atomic mass is 35.5. The van der Waals surface area contributed by atoms with Gasteiger partial charge in [-0.3, -0.25) is 4.79 Å². The summed E-state index contributed by atoms with van der Waals surface area (Å²) in [5.41, 5.74) is 0.0902. The largest absolute Gasteiger partial charge is 0.379 e. The molecule has 92 valence electrons. The lowest BCUT2D eigenvalue weighted by Crippen LogP contribution is -2.36. The summed E-state index contributed by atoms with van der Waals surface area (Å²) < 4.78 is 5.34. The molecule has 2 heterocycles. The van der Waals surface area contributed by atoms with Crippen molar-refractivity contribution in [3.63, 3.8) is 0 Å². The Bertz CT molecular complexity index is 445. The van der Waals surface area contributed by atoms with Gasteiger partial charge in [-0.15, -0.1) is 0 Å². The highest BCUT2D eigenvalue weighted by molar-refractivity contribution is 6.32. The fraction of sp³-hybridized carbons (Fsp3) is 0.545. The van der Waals surface area contributed by atoms with Crippen LogP contribution in [0.5, 0.6) is 0 Å². The van der Waals surface area contributed by atoms with E-state index in [9.17, 15) is 4.79 Å². The summed E-state index contributed by atoms with van der Waals surface area (Å²) in [5.74, 6) is 1.01. The summed E-state index contributed by atoms with van der Waals surface area (Å²) in [6.45, 7) is 5.06. The average Bonchev–Trinajstić information content (AvgIpc) is 2.64. The van der Waals surface area contributed by atoms with E-state index >= 15 is 0 Å². The number of aldehydes is 1. The Morgan fingerprint density at radius 1 is 1.53 bits per heavy atom. The number of carbonyl (C=O) groups excluding carboxylic acids is 1. The van der Waals surface area contributed by atoms with E-state index in [2.05, 4.69) is 15.3 Å². The molecular weight excluding hydrogens is 242 g/mol. The van der Waals surface area contributed by atoms with Crippen LogP contribution in [0, 0.1) is 6.92 Å². The highest BCUT2D eigenvalue weighted by Crippen LogP contribution is 2.26. The van der Waals surface area contributed by atoms with Crippen LogP contribution >= 0.6 is 11.6 Å².